The summed E-state index contributed by atoms with van der Waals surface area (Å²) in [6.45, 7) is 4.19. The van der Waals surface area contributed by atoms with E-state index in [1.807, 2.05) is 13.8 Å². The van der Waals surface area contributed by atoms with Gasteiger partial charge in [-0.05, 0) is 49.9 Å². The highest BCUT2D eigenvalue weighted by atomic mass is 32.2. The Kier molecular flexibility index (Phi) is 4.01. The zero-order valence-electron chi connectivity index (χ0n) is 11.6. The van der Waals surface area contributed by atoms with Gasteiger partial charge in [0.05, 0.1) is 10.9 Å². The first-order chi connectivity index (χ1) is 9.37. The number of benzene rings is 1. The van der Waals surface area contributed by atoms with Crippen LogP contribution in [-0.4, -0.2) is 36.4 Å². The lowest BCUT2D eigenvalue weighted by Crippen LogP contribution is -2.43. The SMILES string of the molecule is Cc1ccc(S(=O)(=O)N2CCCC2C(N)=NO)cc1C. The third-order valence-electron chi connectivity index (χ3n) is 3.75. The van der Waals surface area contributed by atoms with Crippen LogP contribution in [0.3, 0.4) is 0 Å². The summed E-state index contributed by atoms with van der Waals surface area (Å²) in [5, 5.41) is 11.7. The molecule has 1 aromatic carbocycles. The second kappa shape index (κ2) is 5.41. The Bertz CT molecular complexity index is 640. The van der Waals surface area contributed by atoms with Gasteiger partial charge in [-0.2, -0.15) is 4.31 Å². The highest BCUT2D eigenvalue weighted by molar-refractivity contribution is 7.89. The largest absolute Gasteiger partial charge is 0.409 e. The van der Waals surface area contributed by atoms with Crippen molar-refractivity contribution >= 4 is 15.9 Å². The van der Waals surface area contributed by atoms with Gasteiger partial charge in [0.2, 0.25) is 10.0 Å². The second-order valence-electron chi connectivity index (χ2n) is 5.04. The fraction of sp³-hybridized carbons (Fsp3) is 0.462. The molecule has 1 unspecified atom stereocenters. The second-order valence-corrected chi connectivity index (χ2v) is 6.94. The van der Waals surface area contributed by atoms with Crippen molar-refractivity contribution in [1.29, 1.82) is 0 Å². The molecule has 7 heteroatoms. The van der Waals surface area contributed by atoms with Crippen LogP contribution >= 0.6 is 0 Å². The molecule has 0 aliphatic carbocycles. The van der Waals surface area contributed by atoms with Crippen molar-refractivity contribution in [2.24, 2.45) is 10.9 Å². The molecule has 0 amide bonds. The molecule has 0 aromatic heterocycles. The van der Waals surface area contributed by atoms with Gasteiger partial charge in [-0.25, -0.2) is 8.42 Å². The first-order valence-corrected chi connectivity index (χ1v) is 7.88. The number of oxime groups is 1. The molecule has 1 heterocycles. The third kappa shape index (κ3) is 2.51. The normalized spacial score (nSPS) is 21.3. The van der Waals surface area contributed by atoms with Gasteiger partial charge in [-0.1, -0.05) is 11.2 Å². The molecule has 1 fully saturated rings. The number of nitrogens with zero attached hydrogens (tertiary/aromatic N) is 2. The fourth-order valence-corrected chi connectivity index (χ4v) is 4.15. The smallest absolute Gasteiger partial charge is 0.243 e. The Morgan fingerprint density at radius 3 is 2.70 bits per heavy atom. The molecule has 1 aliphatic heterocycles. The quantitative estimate of drug-likeness (QED) is 0.379. The Morgan fingerprint density at radius 1 is 1.40 bits per heavy atom. The summed E-state index contributed by atoms with van der Waals surface area (Å²) in [6, 6.07) is 4.48. The molecule has 1 atom stereocenters. The summed E-state index contributed by atoms with van der Waals surface area (Å²) in [7, 11) is -3.62. The maximum Gasteiger partial charge on any atom is 0.243 e. The Balaban J connectivity index is 2.41. The highest BCUT2D eigenvalue weighted by Gasteiger charge is 2.37. The fourth-order valence-electron chi connectivity index (χ4n) is 2.40. The van der Waals surface area contributed by atoms with Gasteiger partial charge in [0.1, 0.15) is 0 Å². The lowest BCUT2D eigenvalue weighted by Gasteiger charge is -2.23. The molecule has 1 aliphatic rings. The molecule has 2 rings (SSSR count). The molecule has 0 radical (unpaired) electrons. The monoisotopic (exact) mass is 297 g/mol. The van der Waals surface area contributed by atoms with Crippen molar-refractivity contribution in [3.8, 4) is 0 Å². The minimum Gasteiger partial charge on any atom is -0.409 e. The van der Waals surface area contributed by atoms with Gasteiger partial charge in [0.15, 0.2) is 5.84 Å². The molecule has 0 spiro atoms. The molecular weight excluding hydrogens is 278 g/mol. The van der Waals surface area contributed by atoms with Gasteiger partial charge in [-0.15, -0.1) is 0 Å². The van der Waals surface area contributed by atoms with E-state index < -0.39 is 16.1 Å². The van der Waals surface area contributed by atoms with E-state index in [4.69, 9.17) is 10.9 Å². The van der Waals surface area contributed by atoms with Crippen LogP contribution in [-0.2, 0) is 10.0 Å². The first kappa shape index (κ1) is 14.8. The highest BCUT2D eigenvalue weighted by Crippen LogP contribution is 2.27. The molecule has 20 heavy (non-hydrogen) atoms. The maximum atomic E-state index is 12.7. The molecule has 1 aromatic rings. The number of amidine groups is 1. The van der Waals surface area contributed by atoms with Crippen LogP contribution in [0, 0.1) is 13.8 Å². The minimum absolute atomic E-state index is 0.0603. The summed E-state index contributed by atoms with van der Waals surface area (Å²) in [5.41, 5.74) is 7.55. The van der Waals surface area contributed by atoms with Crippen LogP contribution < -0.4 is 5.73 Å². The summed E-state index contributed by atoms with van der Waals surface area (Å²) < 4.78 is 26.6. The Hall–Kier alpha value is -1.60. The maximum absolute atomic E-state index is 12.7. The van der Waals surface area contributed by atoms with Gasteiger partial charge in [0, 0.05) is 6.54 Å². The van der Waals surface area contributed by atoms with Gasteiger partial charge in [-0.3, -0.25) is 0 Å². The topological polar surface area (TPSA) is 96.0 Å². The van der Waals surface area contributed by atoms with Gasteiger partial charge < -0.3 is 10.9 Å². The summed E-state index contributed by atoms with van der Waals surface area (Å²) >= 11 is 0. The van der Waals surface area contributed by atoms with Crippen LogP contribution in [0.2, 0.25) is 0 Å². The average Bonchev–Trinajstić information content (AvgIpc) is 2.90. The number of nitrogens with two attached hydrogens (primary N) is 1. The zero-order valence-corrected chi connectivity index (χ0v) is 12.4. The lowest BCUT2D eigenvalue weighted by atomic mass is 10.1. The van der Waals surface area contributed by atoms with E-state index in [1.165, 1.54) is 4.31 Å². The van der Waals surface area contributed by atoms with Crippen molar-refractivity contribution < 1.29 is 13.6 Å². The molecule has 0 saturated carbocycles. The lowest BCUT2D eigenvalue weighted by molar-refractivity contribution is 0.311. The van der Waals surface area contributed by atoms with Crippen molar-refractivity contribution in [2.45, 2.75) is 37.6 Å². The van der Waals surface area contributed by atoms with Gasteiger partial charge >= 0.3 is 0 Å². The summed E-state index contributed by atoms with van der Waals surface area (Å²) in [4.78, 5) is 0.248. The van der Waals surface area contributed by atoms with E-state index in [-0.39, 0.29) is 10.7 Å². The van der Waals surface area contributed by atoms with Crippen LogP contribution in [0.15, 0.2) is 28.3 Å². The molecule has 1 saturated heterocycles. The van der Waals surface area contributed by atoms with Crippen molar-refractivity contribution in [1.82, 2.24) is 4.31 Å². The van der Waals surface area contributed by atoms with Gasteiger partial charge in [0.25, 0.3) is 0 Å². The standard InChI is InChI=1S/C13H19N3O3S/c1-9-5-6-11(8-10(9)2)20(18,19)16-7-3-4-12(16)13(14)15-17/h5-6,8,12,17H,3-4,7H2,1-2H3,(H2,14,15). The molecule has 6 nitrogen and oxygen atoms in total. The average molecular weight is 297 g/mol. The van der Waals surface area contributed by atoms with E-state index in [9.17, 15) is 8.42 Å². The summed E-state index contributed by atoms with van der Waals surface area (Å²) in [5.74, 6) is -0.0603. The molecule has 0 bridgehead atoms. The third-order valence-corrected chi connectivity index (χ3v) is 5.65. The van der Waals surface area contributed by atoms with Crippen LogP contribution in [0.5, 0.6) is 0 Å². The van der Waals surface area contributed by atoms with E-state index in [0.717, 1.165) is 11.1 Å². The Labute approximate surface area is 118 Å². The van der Waals surface area contributed by atoms with Crippen LogP contribution in [0.25, 0.3) is 0 Å². The molecule has 110 valence electrons. The van der Waals surface area contributed by atoms with Crippen molar-refractivity contribution in [2.75, 3.05) is 6.54 Å². The number of hydrogen-bond donors (Lipinski definition) is 2. The zero-order chi connectivity index (χ0) is 14.9. The van der Waals surface area contributed by atoms with Crippen molar-refractivity contribution in [3.63, 3.8) is 0 Å². The van der Waals surface area contributed by atoms with E-state index in [2.05, 4.69) is 5.16 Å². The summed E-state index contributed by atoms with van der Waals surface area (Å²) in [6.07, 6.45) is 1.27. The van der Waals surface area contributed by atoms with Crippen LogP contribution in [0.1, 0.15) is 24.0 Å². The predicted octanol–water partition coefficient (Wildman–Crippen LogP) is 1.20. The number of rotatable bonds is 3. The predicted molar refractivity (Wildman–Crippen MR) is 76.2 cm³/mol. The van der Waals surface area contributed by atoms with Crippen molar-refractivity contribution in [3.05, 3.63) is 29.3 Å². The molecule has 3 N–H and O–H groups in total. The number of hydrogen-bond acceptors (Lipinski definition) is 4. The molecular formula is C13H19N3O3S. The Morgan fingerprint density at radius 2 is 2.10 bits per heavy atom. The first-order valence-electron chi connectivity index (χ1n) is 6.44. The number of sulfonamides is 1. The minimum atomic E-state index is -3.62. The van der Waals surface area contributed by atoms with E-state index in [0.29, 0.717) is 19.4 Å². The van der Waals surface area contributed by atoms with E-state index in [1.54, 1.807) is 18.2 Å². The van der Waals surface area contributed by atoms with E-state index >= 15 is 0 Å². The number of aryl methyl sites for hydroxylation is 2. The van der Waals surface area contributed by atoms with Crippen LogP contribution in [0.4, 0.5) is 0 Å².